The molecule has 4 rings (SSSR count). The summed E-state index contributed by atoms with van der Waals surface area (Å²) in [5, 5.41) is 2.78. The monoisotopic (exact) mass is 334 g/mol. The van der Waals surface area contributed by atoms with Crippen LogP contribution in [0.2, 0.25) is 0 Å². The quantitative estimate of drug-likeness (QED) is 0.602. The number of benzene rings is 2. The van der Waals surface area contributed by atoms with Crippen LogP contribution in [-0.2, 0) is 0 Å². The van der Waals surface area contributed by atoms with Gasteiger partial charge in [0, 0.05) is 11.6 Å². The Morgan fingerprint density at radius 1 is 1.16 bits per heavy atom. The number of methoxy groups -OCH3 is 1. The highest BCUT2D eigenvalue weighted by atomic mass is 16.5. The van der Waals surface area contributed by atoms with Crippen molar-refractivity contribution >= 4 is 28.5 Å². The van der Waals surface area contributed by atoms with Gasteiger partial charge in [0.05, 0.1) is 18.1 Å². The number of imidazole rings is 1. The normalized spacial score (nSPS) is 10.9. The third-order valence-electron chi connectivity index (χ3n) is 3.90. The maximum atomic E-state index is 12.5. The van der Waals surface area contributed by atoms with Gasteiger partial charge >= 0.3 is 0 Å². The van der Waals surface area contributed by atoms with E-state index in [0.29, 0.717) is 22.9 Å². The molecule has 1 amide bonds. The lowest BCUT2D eigenvalue weighted by Crippen LogP contribution is -2.18. The van der Waals surface area contributed by atoms with Gasteiger partial charge in [-0.05, 0) is 36.4 Å². The van der Waals surface area contributed by atoms with Gasteiger partial charge in [-0.2, -0.15) is 0 Å². The topological polar surface area (TPSA) is 88.5 Å². The first-order chi connectivity index (χ1) is 12.2. The molecular formula is C18H14N4O3. The molecule has 2 aromatic heterocycles. The maximum absolute atomic E-state index is 12.5. The highest BCUT2D eigenvalue weighted by molar-refractivity contribution is 6.04. The number of carbonyl (C=O) groups is 1. The van der Waals surface area contributed by atoms with Crippen molar-refractivity contribution in [2.75, 3.05) is 12.4 Å². The molecule has 2 aromatic carbocycles. The van der Waals surface area contributed by atoms with E-state index in [9.17, 15) is 9.59 Å². The molecule has 0 aliphatic heterocycles. The summed E-state index contributed by atoms with van der Waals surface area (Å²) in [7, 11) is 1.56. The van der Waals surface area contributed by atoms with Crippen LogP contribution in [0.4, 0.5) is 5.82 Å². The van der Waals surface area contributed by atoms with Gasteiger partial charge in [0.2, 0.25) is 5.78 Å². The van der Waals surface area contributed by atoms with Gasteiger partial charge in [-0.25, -0.2) is 4.98 Å². The Labute approximate surface area is 141 Å². The Hall–Kier alpha value is -3.61. The van der Waals surface area contributed by atoms with E-state index in [0.717, 1.165) is 11.0 Å². The standard InChI is InChI=1S/C18H14N4O3/c1-25-12-8-6-11(7-9-12)17(24)20-15-10-16(23)21-18-19-13-4-2-3-5-14(13)22(15)18/h2-10H,1H3,(H,20,24)(H,19,21,23). The first-order valence-corrected chi connectivity index (χ1v) is 7.61. The van der Waals surface area contributed by atoms with E-state index in [1.807, 2.05) is 24.3 Å². The van der Waals surface area contributed by atoms with Gasteiger partial charge < -0.3 is 10.1 Å². The van der Waals surface area contributed by atoms with Crippen LogP contribution in [0.3, 0.4) is 0 Å². The lowest BCUT2D eigenvalue weighted by molar-refractivity contribution is 0.102. The molecule has 25 heavy (non-hydrogen) atoms. The molecule has 2 N–H and O–H groups in total. The van der Waals surface area contributed by atoms with Gasteiger partial charge in [0.15, 0.2) is 0 Å². The van der Waals surface area contributed by atoms with E-state index < -0.39 is 0 Å². The average molecular weight is 334 g/mol. The molecule has 0 saturated carbocycles. The molecule has 0 unspecified atom stereocenters. The number of nitrogens with one attached hydrogen (secondary N) is 2. The van der Waals surface area contributed by atoms with Crippen LogP contribution < -0.4 is 15.6 Å². The van der Waals surface area contributed by atoms with Crippen LogP contribution in [0.25, 0.3) is 16.8 Å². The van der Waals surface area contributed by atoms with Crippen LogP contribution >= 0.6 is 0 Å². The summed E-state index contributed by atoms with van der Waals surface area (Å²) in [5.41, 5.74) is 1.63. The Morgan fingerprint density at radius 3 is 2.68 bits per heavy atom. The average Bonchev–Trinajstić information content (AvgIpc) is 2.99. The molecule has 0 aliphatic carbocycles. The van der Waals surface area contributed by atoms with E-state index >= 15 is 0 Å². The predicted octanol–water partition coefficient (Wildman–Crippen LogP) is 2.44. The minimum atomic E-state index is -0.340. The van der Waals surface area contributed by atoms with Crippen molar-refractivity contribution in [1.82, 2.24) is 14.4 Å². The van der Waals surface area contributed by atoms with Crippen molar-refractivity contribution in [2.24, 2.45) is 0 Å². The number of rotatable bonds is 3. The minimum absolute atomic E-state index is 0.327. The lowest BCUT2D eigenvalue weighted by Gasteiger charge is -2.08. The summed E-state index contributed by atoms with van der Waals surface area (Å²) >= 11 is 0. The number of aromatic amines is 1. The van der Waals surface area contributed by atoms with E-state index in [1.54, 1.807) is 35.8 Å². The number of ether oxygens (including phenoxy) is 1. The Kier molecular flexibility index (Phi) is 3.46. The molecule has 7 heteroatoms. The summed E-state index contributed by atoms with van der Waals surface area (Å²) in [6.45, 7) is 0. The fourth-order valence-electron chi connectivity index (χ4n) is 2.71. The molecule has 0 aliphatic rings. The predicted molar refractivity (Wildman–Crippen MR) is 94.3 cm³/mol. The number of H-pyrrole nitrogens is 1. The van der Waals surface area contributed by atoms with Crippen molar-refractivity contribution in [3.05, 3.63) is 70.5 Å². The molecule has 124 valence electrons. The van der Waals surface area contributed by atoms with Crippen LogP contribution in [-0.4, -0.2) is 27.4 Å². The van der Waals surface area contributed by atoms with Crippen molar-refractivity contribution in [3.63, 3.8) is 0 Å². The molecule has 0 atom stereocenters. The maximum Gasteiger partial charge on any atom is 0.256 e. The van der Waals surface area contributed by atoms with Crippen molar-refractivity contribution in [1.29, 1.82) is 0 Å². The zero-order valence-corrected chi connectivity index (χ0v) is 13.3. The smallest absolute Gasteiger partial charge is 0.256 e. The molecule has 0 saturated heterocycles. The lowest BCUT2D eigenvalue weighted by atomic mass is 10.2. The Morgan fingerprint density at radius 2 is 1.92 bits per heavy atom. The Balaban J connectivity index is 1.80. The highest BCUT2D eigenvalue weighted by Crippen LogP contribution is 2.19. The summed E-state index contributed by atoms with van der Waals surface area (Å²) in [6, 6.07) is 15.5. The van der Waals surface area contributed by atoms with Crippen molar-refractivity contribution < 1.29 is 9.53 Å². The number of hydrogen-bond acceptors (Lipinski definition) is 4. The van der Waals surface area contributed by atoms with Crippen LogP contribution in [0, 0.1) is 0 Å². The number of nitrogens with zero attached hydrogens (tertiary/aromatic N) is 2. The van der Waals surface area contributed by atoms with Gasteiger partial charge in [-0.15, -0.1) is 0 Å². The first-order valence-electron chi connectivity index (χ1n) is 7.61. The number of aromatic nitrogens is 3. The van der Waals surface area contributed by atoms with E-state index in [1.165, 1.54) is 6.07 Å². The fraction of sp³-hybridized carbons (Fsp3) is 0.0556. The van der Waals surface area contributed by atoms with Crippen LogP contribution in [0.1, 0.15) is 10.4 Å². The third-order valence-corrected chi connectivity index (χ3v) is 3.90. The summed E-state index contributed by atoms with van der Waals surface area (Å²) in [5.74, 6) is 1.06. The molecule has 0 radical (unpaired) electrons. The third kappa shape index (κ3) is 2.61. The molecule has 7 nitrogen and oxygen atoms in total. The van der Waals surface area contributed by atoms with Crippen LogP contribution in [0.5, 0.6) is 5.75 Å². The first kappa shape index (κ1) is 14.9. The van der Waals surface area contributed by atoms with Gasteiger partial charge in [-0.1, -0.05) is 12.1 Å². The SMILES string of the molecule is COc1ccc(C(=O)Nc2cc(=O)[nH]c3nc4ccccc4n23)cc1. The number of fused-ring (bicyclic) bond motifs is 3. The summed E-state index contributed by atoms with van der Waals surface area (Å²) in [6.07, 6.45) is 0. The second kappa shape index (κ2) is 5.79. The van der Waals surface area contributed by atoms with Crippen molar-refractivity contribution in [3.8, 4) is 5.75 Å². The second-order valence-corrected chi connectivity index (χ2v) is 5.46. The summed E-state index contributed by atoms with van der Waals surface area (Å²) in [4.78, 5) is 31.5. The zero-order valence-electron chi connectivity index (χ0n) is 13.3. The van der Waals surface area contributed by atoms with Crippen molar-refractivity contribution in [2.45, 2.75) is 0 Å². The van der Waals surface area contributed by atoms with Crippen LogP contribution in [0.15, 0.2) is 59.4 Å². The number of amides is 1. The molecular weight excluding hydrogens is 320 g/mol. The van der Waals surface area contributed by atoms with E-state index in [-0.39, 0.29) is 11.5 Å². The van der Waals surface area contributed by atoms with Gasteiger partial charge in [-0.3, -0.25) is 19.0 Å². The fourth-order valence-corrected chi connectivity index (χ4v) is 2.71. The van der Waals surface area contributed by atoms with Gasteiger partial charge in [0.25, 0.3) is 11.5 Å². The van der Waals surface area contributed by atoms with E-state index in [2.05, 4.69) is 15.3 Å². The second-order valence-electron chi connectivity index (χ2n) is 5.46. The molecule has 0 bridgehead atoms. The Bertz CT molecular complexity index is 1140. The number of carbonyl (C=O) groups excluding carboxylic acids is 1. The molecule has 0 spiro atoms. The number of hydrogen-bond donors (Lipinski definition) is 2. The van der Waals surface area contributed by atoms with E-state index in [4.69, 9.17) is 4.74 Å². The largest absolute Gasteiger partial charge is 0.497 e. The number of para-hydroxylation sites is 2. The molecule has 0 fully saturated rings. The number of anilines is 1. The minimum Gasteiger partial charge on any atom is -0.497 e. The zero-order chi connectivity index (χ0) is 17.4. The van der Waals surface area contributed by atoms with Gasteiger partial charge in [0.1, 0.15) is 11.6 Å². The molecule has 4 aromatic rings. The highest BCUT2D eigenvalue weighted by Gasteiger charge is 2.13. The molecule has 2 heterocycles. The summed E-state index contributed by atoms with van der Waals surface area (Å²) < 4.78 is 6.80.